The molecule has 252 valence electrons. The van der Waals surface area contributed by atoms with E-state index in [1.807, 2.05) is 38.1 Å². The third kappa shape index (κ3) is 19.2. The fourth-order valence-electron chi connectivity index (χ4n) is 4.69. The highest BCUT2D eigenvalue weighted by Gasteiger charge is 2.09. The van der Waals surface area contributed by atoms with Gasteiger partial charge in [0.05, 0.1) is 0 Å². The van der Waals surface area contributed by atoms with E-state index in [-0.39, 0.29) is 7.43 Å². The van der Waals surface area contributed by atoms with E-state index in [1.54, 1.807) is 0 Å². The molecule has 0 atom stereocenters. The minimum Gasteiger partial charge on any atom is -0.0995 e. The van der Waals surface area contributed by atoms with Crippen LogP contribution >= 0.6 is 0 Å². The van der Waals surface area contributed by atoms with Crippen LogP contribution in [0.1, 0.15) is 109 Å². The molecule has 0 aromatic heterocycles. The van der Waals surface area contributed by atoms with Crippen LogP contribution in [0.4, 0.5) is 0 Å². The second-order valence-electron chi connectivity index (χ2n) is 11.5. The second kappa shape index (κ2) is 27.0. The Morgan fingerprint density at radius 3 is 1.85 bits per heavy atom. The minimum atomic E-state index is 0. The van der Waals surface area contributed by atoms with Crippen LogP contribution < -0.4 is 0 Å². The van der Waals surface area contributed by atoms with Gasteiger partial charge in [-0.3, -0.25) is 0 Å². The van der Waals surface area contributed by atoms with Crippen molar-refractivity contribution in [2.24, 2.45) is 0 Å². The predicted molar refractivity (Wildman–Crippen MR) is 217 cm³/mol. The molecule has 3 aromatic carbocycles. The molecule has 3 aromatic rings. The van der Waals surface area contributed by atoms with Crippen molar-refractivity contribution in [2.75, 3.05) is 0 Å². The van der Waals surface area contributed by atoms with Crippen molar-refractivity contribution in [3.05, 3.63) is 180 Å². The maximum atomic E-state index is 4.39. The highest BCUT2D eigenvalue weighted by Crippen LogP contribution is 2.31. The van der Waals surface area contributed by atoms with Gasteiger partial charge in [0.25, 0.3) is 0 Å². The summed E-state index contributed by atoms with van der Waals surface area (Å²) in [5, 5.41) is 0. The predicted octanol–water partition coefficient (Wildman–Crippen LogP) is 14.9. The van der Waals surface area contributed by atoms with Gasteiger partial charge >= 0.3 is 0 Å². The standard InChI is InChI=1S/C30H30.C8H16.C6H8.C2H6.CH4/c1-23-17-19-27(20-18-23)21-24(2)15-16-25(3)22-30(29-13-9-6-10-14-29)26(4)28-11-7-5-8-12-28;1-3-5-7-8-6-4-2;1-6-4-2-3-5-6;1-2;/h5-14,17-20,22H,2-4,15-16,21H2,1H3;3,5H,4,6-8H2,1-2H3;2-4H,5H2,1H3;1-2H3;1H4/b30-22+;;;;. The van der Waals surface area contributed by atoms with Crippen LogP contribution in [0, 0.1) is 6.92 Å². The van der Waals surface area contributed by atoms with Crippen LogP contribution in [0.2, 0.25) is 0 Å². The number of benzene rings is 3. The van der Waals surface area contributed by atoms with E-state index in [0.29, 0.717) is 0 Å². The molecule has 0 aliphatic heterocycles. The third-order valence-electron chi connectivity index (χ3n) is 7.42. The number of allylic oxidation sites excluding steroid dienone is 11. The summed E-state index contributed by atoms with van der Waals surface area (Å²) in [6, 6.07) is 29.4. The molecule has 0 saturated heterocycles. The lowest BCUT2D eigenvalue weighted by atomic mass is 9.91. The van der Waals surface area contributed by atoms with Crippen molar-refractivity contribution in [3.8, 4) is 0 Å². The molecule has 0 N–H and O–H groups in total. The molecule has 0 nitrogen and oxygen atoms in total. The smallest absolute Gasteiger partial charge is 0.00697 e. The first-order chi connectivity index (χ1) is 22.3. The number of hydrogen-bond donors (Lipinski definition) is 0. The Morgan fingerprint density at radius 2 is 1.36 bits per heavy atom. The number of rotatable bonds is 13. The largest absolute Gasteiger partial charge is 0.0995 e. The van der Waals surface area contributed by atoms with E-state index in [9.17, 15) is 0 Å². The van der Waals surface area contributed by atoms with Crippen LogP contribution in [-0.2, 0) is 6.42 Å². The van der Waals surface area contributed by atoms with E-state index in [1.165, 1.54) is 54.4 Å². The van der Waals surface area contributed by atoms with Gasteiger partial charge in [-0.05, 0) is 87.1 Å². The molecular weight excluding hydrogens is 565 g/mol. The van der Waals surface area contributed by atoms with Crippen LogP contribution in [-0.4, -0.2) is 0 Å². The molecule has 47 heavy (non-hydrogen) atoms. The lowest BCUT2D eigenvalue weighted by Crippen LogP contribution is -1.93. The van der Waals surface area contributed by atoms with E-state index in [0.717, 1.165) is 47.1 Å². The van der Waals surface area contributed by atoms with Crippen LogP contribution in [0.25, 0.3) is 11.1 Å². The van der Waals surface area contributed by atoms with E-state index >= 15 is 0 Å². The molecular formula is C47H64. The number of aryl methyl sites for hydroxylation is 1. The summed E-state index contributed by atoms with van der Waals surface area (Å²) in [5.74, 6) is 0. The molecule has 4 rings (SSSR count). The molecule has 1 aliphatic rings. The van der Waals surface area contributed by atoms with Gasteiger partial charge < -0.3 is 0 Å². The Balaban J connectivity index is 0.00000103. The third-order valence-corrected chi connectivity index (χ3v) is 7.42. The lowest BCUT2D eigenvalue weighted by Gasteiger charge is -2.14. The van der Waals surface area contributed by atoms with Gasteiger partial charge in [-0.2, -0.15) is 0 Å². The molecule has 0 radical (unpaired) electrons. The zero-order chi connectivity index (χ0) is 34.0. The van der Waals surface area contributed by atoms with Crippen molar-refractivity contribution in [1.29, 1.82) is 0 Å². The minimum absolute atomic E-state index is 0. The van der Waals surface area contributed by atoms with Crippen LogP contribution in [0.5, 0.6) is 0 Å². The van der Waals surface area contributed by atoms with Crippen molar-refractivity contribution in [1.82, 2.24) is 0 Å². The summed E-state index contributed by atoms with van der Waals surface area (Å²) in [6.07, 6.45) is 22.2. The summed E-state index contributed by atoms with van der Waals surface area (Å²) in [6.45, 7) is 25.6. The van der Waals surface area contributed by atoms with Gasteiger partial charge in [0.15, 0.2) is 0 Å². The van der Waals surface area contributed by atoms with Gasteiger partial charge in [-0.25, -0.2) is 0 Å². The summed E-state index contributed by atoms with van der Waals surface area (Å²) < 4.78 is 0. The zero-order valence-corrected chi connectivity index (χ0v) is 29.8. The second-order valence-corrected chi connectivity index (χ2v) is 11.5. The topological polar surface area (TPSA) is 0 Å². The maximum absolute atomic E-state index is 4.39. The highest BCUT2D eigenvalue weighted by molar-refractivity contribution is 6.04. The SMILES string of the molecule is C.C=C(/C=C(\C(=C)c1ccccc1)c1ccccc1)CCC(=C)Cc1ccc(C)cc1.CC.CC1=CC=CC1.CC=CCCCCC. The van der Waals surface area contributed by atoms with E-state index < -0.39 is 0 Å². The first-order valence-corrected chi connectivity index (χ1v) is 17.2. The molecule has 1 aliphatic carbocycles. The first kappa shape index (κ1) is 42.8. The van der Waals surface area contributed by atoms with Gasteiger partial charge in [0, 0.05) is 0 Å². The van der Waals surface area contributed by atoms with E-state index in [4.69, 9.17) is 0 Å². The normalized spacial score (nSPS) is 11.4. The lowest BCUT2D eigenvalue weighted by molar-refractivity contribution is 0.729. The average Bonchev–Trinajstić information content (AvgIpc) is 3.58. The number of unbranched alkanes of at least 4 members (excludes halogenated alkanes) is 3. The maximum Gasteiger partial charge on any atom is -0.00697 e. The Morgan fingerprint density at radius 1 is 0.766 bits per heavy atom. The van der Waals surface area contributed by atoms with Gasteiger partial charge in [0.1, 0.15) is 0 Å². The first-order valence-electron chi connectivity index (χ1n) is 17.2. The van der Waals surface area contributed by atoms with Gasteiger partial charge in [0.2, 0.25) is 0 Å². The monoisotopic (exact) mass is 629 g/mol. The van der Waals surface area contributed by atoms with Crippen LogP contribution in [0.15, 0.2) is 158 Å². The molecule has 0 heterocycles. The molecule has 0 spiro atoms. The Labute approximate surface area is 290 Å². The number of hydrogen-bond acceptors (Lipinski definition) is 0. The summed E-state index contributed by atoms with van der Waals surface area (Å²) >= 11 is 0. The van der Waals surface area contributed by atoms with Gasteiger partial charge in [-0.1, -0.05) is 204 Å². The fourth-order valence-corrected chi connectivity index (χ4v) is 4.69. The van der Waals surface area contributed by atoms with Crippen molar-refractivity contribution >= 4 is 11.1 Å². The van der Waals surface area contributed by atoms with E-state index in [2.05, 4.69) is 145 Å². The Hall–Kier alpha value is -4.16. The molecule has 0 bridgehead atoms. The highest BCUT2D eigenvalue weighted by atomic mass is 14.1. The molecule has 0 saturated carbocycles. The zero-order valence-electron chi connectivity index (χ0n) is 29.8. The molecule has 0 amide bonds. The molecule has 0 unspecified atom stereocenters. The van der Waals surface area contributed by atoms with Crippen molar-refractivity contribution in [3.63, 3.8) is 0 Å². The van der Waals surface area contributed by atoms with Crippen LogP contribution in [0.3, 0.4) is 0 Å². The Bertz CT molecular complexity index is 1390. The average molecular weight is 629 g/mol. The summed E-state index contributed by atoms with van der Waals surface area (Å²) in [7, 11) is 0. The summed E-state index contributed by atoms with van der Waals surface area (Å²) in [5.41, 5.74) is 10.8. The van der Waals surface area contributed by atoms with Crippen molar-refractivity contribution in [2.45, 2.75) is 100 Å². The summed E-state index contributed by atoms with van der Waals surface area (Å²) in [4.78, 5) is 0. The van der Waals surface area contributed by atoms with Gasteiger partial charge in [-0.15, -0.1) is 0 Å². The molecule has 0 fully saturated rings. The quantitative estimate of drug-likeness (QED) is 0.100. The fraction of sp³-hybridized carbons (Fsp3) is 0.319. The Kier molecular flexibility index (Phi) is 24.6. The van der Waals surface area contributed by atoms with Crippen molar-refractivity contribution < 1.29 is 0 Å². The molecule has 0 heteroatoms.